The van der Waals surface area contributed by atoms with Gasteiger partial charge in [-0.25, -0.2) is 0 Å². The molecule has 1 fully saturated rings. The molecule has 0 aliphatic carbocycles. The number of amides is 2. The summed E-state index contributed by atoms with van der Waals surface area (Å²) >= 11 is 3.30. The van der Waals surface area contributed by atoms with E-state index in [1.54, 1.807) is 29.2 Å². The summed E-state index contributed by atoms with van der Waals surface area (Å²) < 4.78 is 5.90. The summed E-state index contributed by atoms with van der Waals surface area (Å²) in [5.74, 6) is -0.408. The largest absolute Gasteiger partial charge is 0.456 e. The number of ether oxygens (including phenoxy) is 1. The highest BCUT2D eigenvalue weighted by Crippen LogP contribution is 2.15. The first kappa shape index (κ1) is 19.4. The Bertz CT molecular complexity index is 618. The molecule has 0 aromatic heterocycles. The number of nitrogens with one attached hydrogen (secondary N) is 1. The Hall–Kier alpha value is -1.89. The van der Waals surface area contributed by atoms with Crippen molar-refractivity contribution >= 4 is 33.7 Å². The van der Waals surface area contributed by atoms with Gasteiger partial charge < -0.3 is 15.0 Å². The lowest BCUT2D eigenvalue weighted by Crippen LogP contribution is -2.41. The molecule has 0 unspecified atom stereocenters. The standard InChI is InChI=1S/C18H23BrN2O4/c1-13-3-2-10-21(11-13)16(22)12-25-17(23)8-9-20-18(24)14-4-6-15(19)7-5-14/h4-7,13H,2-3,8-12H2,1H3,(H,20,24)/t13-/m1/s1. The zero-order chi connectivity index (χ0) is 18.2. The number of esters is 1. The Labute approximate surface area is 156 Å². The summed E-state index contributed by atoms with van der Waals surface area (Å²) in [6.45, 7) is 3.50. The van der Waals surface area contributed by atoms with E-state index in [2.05, 4.69) is 28.2 Å². The number of halogens is 1. The van der Waals surface area contributed by atoms with Crippen LogP contribution < -0.4 is 5.32 Å². The molecule has 0 saturated carbocycles. The second-order valence-corrected chi connectivity index (χ2v) is 7.18. The van der Waals surface area contributed by atoms with E-state index in [1.165, 1.54) is 0 Å². The van der Waals surface area contributed by atoms with Crippen molar-refractivity contribution in [2.75, 3.05) is 26.2 Å². The lowest BCUT2D eigenvalue weighted by Gasteiger charge is -2.30. The molecule has 1 saturated heterocycles. The van der Waals surface area contributed by atoms with Crippen LogP contribution in [-0.4, -0.2) is 48.9 Å². The number of carbonyl (C=O) groups excluding carboxylic acids is 3. The number of nitrogens with zero attached hydrogens (tertiary/aromatic N) is 1. The van der Waals surface area contributed by atoms with Crippen molar-refractivity contribution in [3.63, 3.8) is 0 Å². The van der Waals surface area contributed by atoms with E-state index < -0.39 is 5.97 Å². The molecule has 7 heteroatoms. The fourth-order valence-electron chi connectivity index (χ4n) is 2.70. The number of carbonyl (C=O) groups is 3. The average molecular weight is 411 g/mol. The minimum atomic E-state index is -0.491. The highest BCUT2D eigenvalue weighted by molar-refractivity contribution is 9.10. The Morgan fingerprint density at radius 2 is 2.00 bits per heavy atom. The zero-order valence-corrected chi connectivity index (χ0v) is 15.9. The zero-order valence-electron chi connectivity index (χ0n) is 14.3. The van der Waals surface area contributed by atoms with Crippen LogP contribution in [0.4, 0.5) is 0 Å². The minimum absolute atomic E-state index is 0.0337. The van der Waals surface area contributed by atoms with E-state index >= 15 is 0 Å². The van der Waals surface area contributed by atoms with Crippen LogP contribution in [-0.2, 0) is 14.3 Å². The fourth-order valence-corrected chi connectivity index (χ4v) is 2.97. The molecule has 0 bridgehead atoms. The lowest BCUT2D eigenvalue weighted by molar-refractivity contribution is -0.152. The van der Waals surface area contributed by atoms with E-state index in [4.69, 9.17) is 4.74 Å². The second-order valence-electron chi connectivity index (χ2n) is 6.26. The van der Waals surface area contributed by atoms with Crippen LogP contribution in [0.15, 0.2) is 28.7 Å². The molecule has 1 aliphatic rings. The van der Waals surface area contributed by atoms with Crippen LogP contribution in [0.3, 0.4) is 0 Å². The molecular weight excluding hydrogens is 388 g/mol. The summed E-state index contributed by atoms with van der Waals surface area (Å²) in [5, 5.41) is 2.66. The topological polar surface area (TPSA) is 75.7 Å². The minimum Gasteiger partial charge on any atom is -0.456 e. The monoisotopic (exact) mass is 410 g/mol. The summed E-state index contributed by atoms with van der Waals surface area (Å²) in [6, 6.07) is 6.93. The maximum Gasteiger partial charge on any atom is 0.308 e. The molecule has 0 spiro atoms. The first-order valence-electron chi connectivity index (χ1n) is 8.43. The van der Waals surface area contributed by atoms with Gasteiger partial charge in [0.25, 0.3) is 11.8 Å². The lowest BCUT2D eigenvalue weighted by atomic mass is 10.0. The number of benzene rings is 1. The second kappa shape index (κ2) is 9.56. The van der Waals surface area contributed by atoms with Gasteiger partial charge in [0.05, 0.1) is 6.42 Å². The van der Waals surface area contributed by atoms with E-state index in [9.17, 15) is 14.4 Å². The van der Waals surface area contributed by atoms with Gasteiger partial charge in [-0.3, -0.25) is 14.4 Å². The van der Waals surface area contributed by atoms with E-state index in [1.807, 2.05) is 0 Å². The molecule has 25 heavy (non-hydrogen) atoms. The molecular formula is C18H23BrN2O4. The summed E-state index contributed by atoms with van der Waals surface area (Å²) in [7, 11) is 0. The molecule has 2 amide bonds. The van der Waals surface area contributed by atoms with Gasteiger partial charge in [0.2, 0.25) is 0 Å². The van der Waals surface area contributed by atoms with Crippen molar-refractivity contribution in [2.24, 2.45) is 5.92 Å². The van der Waals surface area contributed by atoms with Crippen LogP contribution in [0.5, 0.6) is 0 Å². The van der Waals surface area contributed by atoms with Gasteiger partial charge in [0, 0.05) is 29.7 Å². The molecule has 1 N–H and O–H groups in total. The predicted octanol–water partition coefficient (Wildman–Crippen LogP) is 2.37. The SMILES string of the molecule is C[C@@H]1CCCN(C(=O)COC(=O)CCNC(=O)c2ccc(Br)cc2)C1. The van der Waals surface area contributed by atoms with Crippen LogP contribution >= 0.6 is 15.9 Å². The molecule has 1 aromatic rings. The smallest absolute Gasteiger partial charge is 0.308 e. The van der Waals surface area contributed by atoms with Crippen LogP contribution in [0, 0.1) is 5.92 Å². The first-order chi connectivity index (χ1) is 12.0. The van der Waals surface area contributed by atoms with Crippen LogP contribution in [0.25, 0.3) is 0 Å². The molecule has 1 aromatic carbocycles. The van der Waals surface area contributed by atoms with E-state index in [0.717, 1.165) is 30.4 Å². The van der Waals surface area contributed by atoms with Gasteiger partial charge in [0.15, 0.2) is 6.61 Å². The van der Waals surface area contributed by atoms with Gasteiger partial charge in [-0.05, 0) is 43.0 Å². The number of hydrogen-bond donors (Lipinski definition) is 1. The highest BCUT2D eigenvalue weighted by atomic mass is 79.9. The van der Waals surface area contributed by atoms with Crippen LogP contribution in [0.2, 0.25) is 0 Å². The molecule has 0 radical (unpaired) electrons. The maximum atomic E-state index is 12.0. The predicted molar refractivity (Wildman–Crippen MR) is 97.0 cm³/mol. The first-order valence-corrected chi connectivity index (χ1v) is 9.22. The Kier molecular flexibility index (Phi) is 7.43. The van der Waals surface area contributed by atoms with Gasteiger partial charge in [-0.1, -0.05) is 22.9 Å². The quantitative estimate of drug-likeness (QED) is 0.730. The molecule has 6 nitrogen and oxygen atoms in total. The average Bonchev–Trinajstić information content (AvgIpc) is 2.60. The molecule has 1 atom stereocenters. The molecule has 136 valence electrons. The molecule has 2 rings (SSSR count). The third-order valence-corrected chi connectivity index (χ3v) is 4.62. The Morgan fingerprint density at radius 1 is 1.28 bits per heavy atom. The van der Waals surface area contributed by atoms with E-state index in [0.29, 0.717) is 11.5 Å². The van der Waals surface area contributed by atoms with Crippen molar-refractivity contribution in [1.82, 2.24) is 10.2 Å². The summed E-state index contributed by atoms with van der Waals surface area (Å²) in [5.41, 5.74) is 0.519. The van der Waals surface area contributed by atoms with Gasteiger partial charge in [0.1, 0.15) is 0 Å². The number of rotatable bonds is 6. The van der Waals surface area contributed by atoms with Crippen LogP contribution in [0.1, 0.15) is 36.5 Å². The van der Waals surface area contributed by atoms with E-state index in [-0.39, 0.29) is 31.4 Å². The third-order valence-electron chi connectivity index (χ3n) is 4.09. The van der Waals surface area contributed by atoms with Crippen molar-refractivity contribution in [1.29, 1.82) is 0 Å². The third kappa shape index (κ3) is 6.49. The van der Waals surface area contributed by atoms with Gasteiger partial charge in [-0.2, -0.15) is 0 Å². The molecule has 1 heterocycles. The molecule has 1 aliphatic heterocycles. The van der Waals surface area contributed by atoms with Crippen molar-refractivity contribution in [3.8, 4) is 0 Å². The van der Waals surface area contributed by atoms with Gasteiger partial charge in [-0.15, -0.1) is 0 Å². The van der Waals surface area contributed by atoms with Crippen molar-refractivity contribution < 1.29 is 19.1 Å². The Morgan fingerprint density at radius 3 is 2.68 bits per heavy atom. The highest BCUT2D eigenvalue weighted by Gasteiger charge is 2.21. The number of piperidine rings is 1. The fraction of sp³-hybridized carbons (Fsp3) is 0.500. The van der Waals surface area contributed by atoms with Crippen molar-refractivity contribution in [2.45, 2.75) is 26.2 Å². The normalized spacial score (nSPS) is 17.0. The Balaban J connectivity index is 1.64. The van der Waals surface area contributed by atoms with Crippen molar-refractivity contribution in [3.05, 3.63) is 34.3 Å². The maximum absolute atomic E-state index is 12.0. The number of likely N-dealkylation sites (tertiary alicyclic amines) is 1. The number of hydrogen-bond acceptors (Lipinski definition) is 4. The van der Waals surface area contributed by atoms with Gasteiger partial charge >= 0.3 is 5.97 Å². The summed E-state index contributed by atoms with van der Waals surface area (Å²) in [4.78, 5) is 37.4. The summed E-state index contributed by atoms with van der Waals surface area (Å²) in [6.07, 6.45) is 2.15.